The fourth-order valence-corrected chi connectivity index (χ4v) is 2.80. The minimum atomic E-state index is -0.224. The minimum Gasteiger partial charge on any atom is -0.368 e. The molecule has 114 valence electrons. The van der Waals surface area contributed by atoms with Crippen molar-refractivity contribution in [2.45, 2.75) is 25.2 Å². The zero-order valence-electron chi connectivity index (χ0n) is 12.9. The zero-order valence-corrected chi connectivity index (χ0v) is 12.9. The van der Waals surface area contributed by atoms with Crippen molar-refractivity contribution < 1.29 is 4.79 Å². The van der Waals surface area contributed by atoms with E-state index in [0.717, 1.165) is 6.54 Å². The van der Waals surface area contributed by atoms with Crippen LogP contribution in [-0.2, 0) is 5.41 Å². The molecule has 0 spiro atoms. The van der Waals surface area contributed by atoms with Crippen LogP contribution in [0, 0.1) is 6.92 Å². The monoisotopic (exact) mass is 296 g/mol. The standard InChI is InChI=1S/C17H20N4O/c1-12-5-3-4-6-13(12)17(9-10-17)11-19-15-8-7-14(20-21-15)16(22)18-2/h3-8H,9-11H2,1-2H3,(H,18,22)(H,19,21). The Balaban J connectivity index is 1.68. The largest absolute Gasteiger partial charge is 0.368 e. The van der Waals surface area contributed by atoms with Crippen LogP contribution >= 0.6 is 0 Å². The van der Waals surface area contributed by atoms with E-state index in [1.807, 2.05) is 0 Å². The Morgan fingerprint density at radius 1 is 1.18 bits per heavy atom. The molecule has 0 aliphatic heterocycles. The number of hydrogen-bond donors (Lipinski definition) is 2. The van der Waals surface area contributed by atoms with Crippen molar-refractivity contribution in [3.05, 3.63) is 53.2 Å². The van der Waals surface area contributed by atoms with E-state index < -0.39 is 0 Å². The van der Waals surface area contributed by atoms with Gasteiger partial charge in [-0.2, -0.15) is 0 Å². The van der Waals surface area contributed by atoms with E-state index in [4.69, 9.17) is 0 Å². The third kappa shape index (κ3) is 2.79. The molecule has 5 nitrogen and oxygen atoms in total. The van der Waals surface area contributed by atoms with Crippen LogP contribution < -0.4 is 10.6 Å². The summed E-state index contributed by atoms with van der Waals surface area (Å²) in [6, 6.07) is 12.0. The van der Waals surface area contributed by atoms with Crippen molar-refractivity contribution in [3.63, 3.8) is 0 Å². The van der Waals surface area contributed by atoms with Crippen molar-refractivity contribution in [3.8, 4) is 0 Å². The Bertz CT molecular complexity index is 677. The van der Waals surface area contributed by atoms with Gasteiger partial charge in [-0.15, -0.1) is 10.2 Å². The molecule has 0 radical (unpaired) electrons. The molecule has 1 aromatic carbocycles. The number of carbonyl (C=O) groups is 1. The Labute approximate surface area is 130 Å². The van der Waals surface area contributed by atoms with Crippen LogP contribution in [0.15, 0.2) is 36.4 Å². The van der Waals surface area contributed by atoms with Crippen LogP contribution in [0.4, 0.5) is 5.82 Å². The number of anilines is 1. The second-order valence-electron chi connectivity index (χ2n) is 5.83. The molecule has 1 aliphatic carbocycles. The number of benzene rings is 1. The minimum absolute atomic E-state index is 0.215. The SMILES string of the molecule is CNC(=O)c1ccc(NCC2(c3ccccc3C)CC2)nn1. The van der Waals surface area contributed by atoms with Gasteiger partial charge in [-0.1, -0.05) is 24.3 Å². The third-order valence-electron chi connectivity index (χ3n) is 4.30. The summed E-state index contributed by atoms with van der Waals surface area (Å²) in [6.45, 7) is 3.00. The normalized spacial score (nSPS) is 15.2. The summed E-state index contributed by atoms with van der Waals surface area (Å²) in [5.41, 5.74) is 3.29. The van der Waals surface area contributed by atoms with E-state index in [-0.39, 0.29) is 11.3 Å². The Morgan fingerprint density at radius 3 is 2.55 bits per heavy atom. The molecule has 5 heteroatoms. The number of aromatic nitrogens is 2. The van der Waals surface area contributed by atoms with Gasteiger partial charge in [-0.25, -0.2) is 0 Å². The van der Waals surface area contributed by atoms with Crippen LogP contribution in [0.1, 0.15) is 34.5 Å². The molecule has 0 saturated heterocycles. The van der Waals surface area contributed by atoms with Gasteiger partial charge in [0.2, 0.25) is 0 Å². The highest BCUT2D eigenvalue weighted by Crippen LogP contribution is 2.49. The van der Waals surface area contributed by atoms with Gasteiger partial charge in [0.25, 0.3) is 5.91 Å². The lowest BCUT2D eigenvalue weighted by Gasteiger charge is -2.19. The lowest BCUT2D eigenvalue weighted by atomic mass is 9.92. The summed E-state index contributed by atoms with van der Waals surface area (Å²) in [6.07, 6.45) is 2.38. The lowest BCUT2D eigenvalue weighted by molar-refractivity contribution is 0.0957. The molecule has 0 bridgehead atoms. The molecule has 3 rings (SSSR count). The predicted molar refractivity (Wildman–Crippen MR) is 86.0 cm³/mol. The Hall–Kier alpha value is -2.43. The molecule has 0 atom stereocenters. The smallest absolute Gasteiger partial charge is 0.271 e. The maximum Gasteiger partial charge on any atom is 0.271 e. The summed E-state index contributed by atoms with van der Waals surface area (Å²) in [4.78, 5) is 11.4. The molecular formula is C17H20N4O. The van der Waals surface area contributed by atoms with Gasteiger partial charge in [0.05, 0.1) is 0 Å². The average Bonchev–Trinajstić information content (AvgIpc) is 3.34. The second-order valence-corrected chi connectivity index (χ2v) is 5.83. The lowest BCUT2D eigenvalue weighted by Crippen LogP contribution is -2.22. The van der Waals surface area contributed by atoms with E-state index in [9.17, 15) is 4.79 Å². The van der Waals surface area contributed by atoms with Gasteiger partial charge >= 0.3 is 0 Å². The maximum atomic E-state index is 11.4. The zero-order chi connectivity index (χ0) is 15.6. The average molecular weight is 296 g/mol. The van der Waals surface area contributed by atoms with Crippen LogP contribution in [0.3, 0.4) is 0 Å². The van der Waals surface area contributed by atoms with Crippen molar-refractivity contribution in [2.75, 3.05) is 18.9 Å². The molecule has 1 saturated carbocycles. The first-order chi connectivity index (χ1) is 10.6. The molecule has 22 heavy (non-hydrogen) atoms. The quantitative estimate of drug-likeness (QED) is 0.888. The van der Waals surface area contributed by atoms with E-state index in [1.54, 1.807) is 19.2 Å². The fraction of sp³-hybridized carbons (Fsp3) is 0.353. The molecule has 2 aromatic rings. The van der Waals surface area contributed by atoms with Gasteiger partial charge in [0.1, 0.15) is 5.82 Å². The molecule has 1 amide bonds. The molecule has 2 N–H and O–H groups in total. The summed E-state index contributed by atoms with van der Waals surface area (Å²) in [5.74, 6) is 0.477. The number of nitrogens with one attached hydrogen (secondary N) is 2. The van der Waals surface area contributed by atoms with Crippen LogP contribution in [0.2, 0.25) is 0 Å². The fourth-order valence-electron chi connectivity index (χ4n) is 2.80. The third-order valence-corrected chi connectivity index (χ3v) is 4.30. The summed E-state index contributed by atoms with van der Waals surface area (Å²) in [5, 5.41) is 13.9. The molecule has 0 unspecified atom stereocenters. The molecular weight excluding hydrogens is 276 g/mol. The van der Waals surface area contributed by atoms with Crippen LogP contribution in [0.25, 0.3) is 0 Å². The van der Waals surface area contributed by atoms with Crippen LogP contribution in [0.5, 0.6) is 0 Å². The number of amides is 1. The van der Waals surface area contributed by atoms with Gasteiger partial charge in [0.15, 0.2) is 5.69 Å². The van der Waals surface area contributed by atoms with Crippen molar-refractivity contribution in [1.82, 2.24) is 15.5 Å². The number of rotatable bonds is 5. The second kappa shape index (κ2) is 5.75. The summed E-state index contributed by atoms with van der Waals surface area (Å²) >= 11 is 0. The van der Waals surface area contributed by atoms with Gasteiger partial charge in [-0.05, 0) is 43.0 Å². The highest BCUT2D eigenvalue weighted by molar-refractivity contribution is 5.91. The molecule has 1 fully saturated rings. The van der Waals surface area contributed by atoms with Gasteiger partial charge in [-0.3, -0.25) is 4.79 Å². The summed E-state index contributed by atoms with van der Waals surface area (Å²) in [7, 11) is 1.58. The number of aryl methyl sites for hydroxylation is 1. The van der Waals surface area contributed by atoms with E-state index in [0.29, 0.717) is 11.5 Å². The first-order valence-electron chi connectivity index (χ1n) is 7.50. The van der Waals surface area contributed by atoms with Crippen molar-refractivity contribution in [2.24, 2.45) is 0 Å². The number of carbonyl (C=O) groups excluding carboxylic acids is 1. The summed E-state index contributed by atoms with van der Waals surface area (Å²) < 4.78 is 0. The van der Waals surface area contributed by atoms with E-state index >= 15 is 0 Å². The molecule has 1 heterocycles. The first-order valence-corrected chi connectivity index (χ1v) is 7.50. The van der Waals surface area contributed by atoms with E-state index in [2.05, 4.69) is 52.0 Å². The Kier molecular flexibility index (Phi) is 3.79. The maximum absolute atomic E-state index is 11.4. The Morgan fingerprint density at radius 2 is 1.95 bits per heavy atom. The van der Waals surface area contributed by atoms with Crippen molar-refractivity contribution >= 4 is 11.7 Å². The number of nitrogens with zero attached hydrogens (tertiary/aromatic N) is 2. The van der Waals surface area contributed by atoms with Gasteiger partial charge < -0.3 is 10.6 Å². The highest BCUT2D eigenvalue weighted by atomic mass is 16.1. The van der Waals surface area contributed by atoms with Crippen molar-refractivity contribution in [1.29, 1.82) is 0 Å². The topological polar surface area (TPSA) is 66.9 Å². The molecule has 1 aliphatic rings. The van der Waals surface area contributed by atoms with E-state index in [1.165, 1.54) is 24.0 Å². The predicted octanol–water partition coefficient (Wildman–Crippen LogP) is 2.29. The highest BCUT2D eigenvalue weighted by Gasteiger charge is 2.44. The number of hydrogen-bond acceptors (Lipinski definition) is 4. The first kappa shape index (κ1) is 14.5. The molecule has 1 aromatic heterocycles. The van der Waals surface area contributed by atoms with Gasteiger partial charge in [0, 0.05) is 19.0 Å². The van der Waals surface area contributed by atoms with Crippen LogP contribution in [-0.4, -0.2) is 29.7 Å².